The molecule has 0 aliphatic carbocycles. The summed E-state index contributed by atoms with van der Waals surface area (Å²) in [6.07, 6.45) is 3.73. The molecular formula is C15H28N6. The fourth-order valence-corrected chi connectivity index (χ4v) is 2.27. The van der Waals surface area contributed by atoms with Gasteiger partial charge in [-0.25, -0.2) is 0 Å². The van der Waals surface area contributed by atoms with Crippen molar-refractivity contribution in [3.05, 3.63) is 0 Å². The zero-order valence-corrected chi connectivity index (χ0v) is 13.7. The second-order valence-electron chi connectivity index (χ2n) is 6.04. The smallest absolute Gasteiger partial charge is 0.231 e. The van der Waals surface area contributed by atoms with Gasteiger partial charge in [0.05, 0.1) is 0 Å². The van der Waals surface area contributed by atoms with Crippen molar-refractivity contribution >= 4 is 17.8 Å². The summed E-state index contributed by atoms with van der Waals surface area (Å²) < 4.78 is 0. The van der Waals surface area contributed by atoms with Crippen molar-refractivity contribution in [1.82, 2.24) is 15.0 Å². The average Bonchev–Trinajstić information content (AvgIpc) is 2.48. The SMILES string of the molecule is CCNc1nc(NC(C)C(C)C)nc(N2CCCCC2)n1. The normalized spacial score (nSPS) is 16.9. The third-order valence-corrected chi connectivity index (χ3v) is 3.95. The summed E-state index contributed by atoms with van der Waals surface area (Å²) in [6.45, 7) is 11.5. The highest BCUT2D eigenvalue weighted by Crippen LogP contribution is 2.19. The van der Waals surface area contributed by atoms with E-state index in [0.29, 0.717) is 23.9 Å². The maximum Gasteiger partial charge on any atom is 0.231 e. The van der Waals surface area contributed by atoms with Crippen molar-refractivity contribution in [1.29, 1.82) is 0 Å². The summed E-state index contributed by atoms with van der Waals surface area (Å²) in [4.78, 5) is 15.9. The van der Waals surface area contributed by atoms with Crippen molar-refractivity contribution < 1.29 is 0 Å². The van der Waals surface area contributed by atoms with Crippen molar-refractivity contribution in [2.24, 2.45) is 5.92 Å². The van der Waals surface area contributed by atoms with Gasteiger partial charge in [-0.2, -0.15) is 15.0 Å². The molecule has 1 fully saturated rings. The van der Waals surface area contributed by atoms with Gasteiger partial charge in [-0.05, 0) is 39.0 Å². The molecule has 0 spiro atoms. The summed E-state index contributed by atoms with van der Waals surface area (Å²) in [7, 11) is 0. The van der Waals surface area contributed by atoms with Gasteiger partial charge < -0.3 is 15.5 Å². The topological polar surface area (TPSA) is 66.0 Å². The highest BCUT2D eigenvalue weighted by molar-refractivity contribution is 5.44. The molecule has 1 saturated heterocycles. The summed E-state index contributed by atoms with van der Waals surface area (Å²) >= 11 is 0. The molecule has 1 unspecified atom stereocenters. The quantitative estimate of drug-likeness (QED) is 0.840. The lowest BCUT2D eigenvalue weighted by Crippen LogP contribution is -2.32. The molecule has 0 bridgehead atoms. The molecule has 2 rings (SSSR count). The lowest BCUT2D eigenvalue weighted by molar-refractivity contribution is 0.553. The number of hydrogen-bond donors (Lipinski definition) is 2. The predicted molar refractivity (Wildman–Crippen MR) is 88.0 cm³/mol. The second-order valence-corrected chi connectivity index (χ2v) is 6.04. The Balaban J connectivity index is 2.20. The largest absolute Gasteiger partial charge is 0.354 e. The zero-order chi connectivity index (χ0) is 15.2. The molecule has 2 N–H and O–H groups in total. The predicted octanol–water partition coefficient (Wildman–Crippen LogP) is 2.75. The van der Waals surface area contributed by atoms with E-state index < -0.39 is 0 Å². The van der Waals surface area contributed by atoms with E-state index in [1.54, 1.807) is 0 Å². The van der Waals surface area contributed by atoms with Crippen LogP contribution < -0.4 is 15.5 Å². The first-order valence-corrected chi connectivity index (χ1v) is 8.11. The molecule has 21 heavy (non-hydrogen) atoms. The van der Waals surface area contributed by atoms with E-state index in [9.17, 15) is 0 Å². The summed E-state index contributed by atoms with van der Waals surface area (Å²) in [5.41, 5.74) is 0. The van der Waals surface area contributed by atoms with Crippen LogP contribution in [0.4, 0.5) is 17.8 Å². The molecule has 1 aromatic heterocycles. The van der Waals surface area contributed by atoms with Gasteiger partial charge in [-0.1, -0.05) is 13.8 Å². The van der Waals surface area contributed by atoms with Crippen molar-refractivity contribution in [3.8, 4) is 0 Å². The van der Waals surface area contributed by atoms with Gasteiger partial charge in [0.2, 0.25) is 17.8 Å². The molecule has 6 nitrogen and oxygen atoms in total. The van der Waals surface area contributed by atoms with E-state index in [1.807, 2.05) is 6.92 Å². The molecule has 0 amide bonds. The molecule has 1 aliphatic rings. The molecule has 0 saturated carbocycles. The minimum Gasteiger partial charge on any atom is -0.354 e. The fourth-order valence-electron chi connectivity index (χ4n) is 2.27. The average molecular weight is 292 g/mol. The van der Waals surface area contributed by atoms with Crippen LogP contribution in [0.1, 0.15) is 47.0 Å². The third-order valence-electron chi connectivity index (χ3n) is 3.95. The van der Waals surface area contributed by atoms with Gasteiger partial charge in [0.25, 0.3) is 0 Å². The number of hydrogen-bond acceptors (Lipinski definition) is 6. The number of nitrogens with one attached hydrogen (secondary N) is 2. The van der Waals surface area contributed by atoms with E-state index in [-0.39, 0.29) is 0 Å². The Morgan fingerprint density at radius 3 is 2.29 bits per heavy atom. The second kappa shape index (κ2) is 7.43. The Morgan fingerprint density at radius 2 is 1.67 bits per heavy atom. The summed E-state index contributed by atoms with van der Waals surface area (Å²) in [6, 6.07) is 0.330. The Kier molecular flexibility index (Phi) is 5.59. The standard InChI is InChI=1S/C15H28N6/c1-5-16-13-18-14(17-12(4)11(2)3)20-15(19-13)21-9-7-6-8-10-21/h11-12H,5-10H2,1-4H3,(H2,16,17,18,19,20). The van der Waals surface area contributed by atoms with E-state index in [2.05, 4.69) is 51.3 Å². The number of aromatic nitrogens is 3. The maximum absolute atomic E-state index is 4.61. The van der Waals surface area contributed by atoms with E-state index in [1.165, 1.54) is 19.3 Å². The van der Waals surface area contributed by atoms with Crippen LogP contribution in [0.3, 0.4) is 0 Å². The van der Waals surface area contributed by atoms with E-state index in [0.717, 1.165) is 25.6 Å². The fraction of sp³-hybridized carbons (Fsp3) is 0.800. The van der Waals surface area contributed by atoms with Gasteiger partial charge in [-0.15, -0.1) is 0 Å². The highest BCUT2D eigenvalue weighted by atomic mass is 15.3. The van der Waals surface area contributed by atoms with Crippen LogP contribution in [-0.2, 0) is 0 Å². The molecule has 0 aromatic carbocycles. The lowest BCUT2D eigenvalue weighted by atomic mass is 10.1. The van der Waals surface area contributed by atoms with Gasteiger partial charge in [-0.3, -0.25) is 0 Å². The molecule has 1 atom stereocenters. The van der Waals surface area contributed by atoms with Crippen molar-refractivity contribution in [2.45, 2.75) is 53.0 Å². The van der Waals surface area contributed by atoms with Crippen LogP contribution in [0.25, 0.3) is 0 Å². The van der Waals surface area contributed by atoms with Crippen LogP contribution >= 0.6 is 0 Å². The third kappa shape index (κ3) is 4.44. The van der Waals surface area contributed by atoms with Gasteiger partial charge >= 0.3 is 0 Å². The molecule has 6 heteroatoms. The van der Waals surface area contributed by atoms with Gasteiger partial charge in [0.15, 0.2) is 0 Å². The number of piperidine rings is 1. The Bertz CT molecular complexity index is 442. The Labute approximate surface area is 127 Å². The van der Waals surface area contributed by atoms with Gasteiger partial charge in [0, 0.05) is 25.7 Å². The zero-order valence-electron chi connectivity index (χ0n) is 13.7. The number of anilines is 3. The first-order valence-electron chi connectivity index (χ1n) is 8.11. The van der Waals surface area contributed by atoms with E-state index >= 15 is 0 Å². The first-order chi connectivity index (χ1) is 10.1. The van der Waals surface area contributed by atoms with Crippen LogP contribution in [-0.4, -0.2) is 40.6 Å². The molecule has 1 aromatic rings. The first kappa shape index (κ1) is 15.8. The van der Waals surface area contributed by atoms with Gasteiger partial charge in [0.1, 0.15) is 0 Å². The molecule has 118 valence electrons. The number of nitrogens with zero attached hydrogens (tertiary/aromatic N) is 4. The van der Waals surface area contributed by atoms with Crippen molar-refractivity contribution in [2.75, 3.05) is 35.2 Å². The van der Waals surface area contributed by atoms with Crippen LogP contribution in [0.2, 0.25) is 0 Å². The van der Waals surface area contributed by atoms with Crippen molar-refractivity contribution in [3.63, 3.8) is 0 Å². The molecule has 1 aliphatic heterocycles. The minimum atomic E-state index is 0.330. The minimum absolute atomic E-state index is 0.330. The maximum atomic E-state index is 4.61. The molecule has 0 radical (unpaired) electrons. The summed E-state index contributed by atoms with van der Waals surface area (Å²) in [5, 5.41) is 6.59. The van der Waals surface area contributed by atoms with Crippen LogP contribution in [0.15, 0.2) is 0 Å². The van der Waals surface area contributed by atoms with Crippen LogP contribution in [0, 0.1) is 5.92 Å². The Hall–Kier alpha value is -1.59. The Morgan fingerprint density at radius 1 is 1.00 bits per heavy atom. The molecule has 2 heterocycles. The highest BCUT2D eigenvalue weighted by Gasteiger charge is 2.17. The monoisotopic (exact) mass is 292 g/mol. The molecular weight excluding hydrogens is 264 g/mol. The summed E-state index contributed by atoms with van der Waals surface area (Å²) in [5.74, 6) is 2.65. The van der Waals surface area contributed by atoms with E-state index in [4.69, 9.17) is 0 Å². The van der Waals surface area contributed by atoms with Crippen LogP contribution in [0.5, 0.6) is 0 Å². The number of rotatable bonds is 6. The lowest BCUT2D eigenvalue weighted by Gasteiger charge is -2.27.